The van der Waals surface area contributed by atoms with Crippen LogP contribution in [0.2, 0.25) is 0 Å². The van der Waals surface area contributed by atoms with E-state index in [1.807, 2.05) is 6.07 Å². The third-order valence-electron chi connectivity index (χ3n) is 2.26. The Bertz CT molecular complexity index is 303. The maximum absolute atomic E-state index is 5.15. The molecule has 0 radical (unpaired) electrons. The van der Waals surface area contributed by atoms with Crippen molar-refractivity contribution in [2.75, 3.05) is 0 Å². The number of hydrogen-bond acceptors (Lipinski definition) is 2. The van der Waals surface area contributed by atoms with Crippen LogP contribution >= 0.6 is 0 Å². The monoisotopic (exact) mass is 176 g/mol. The smallest absolute Gasteiger partial charge is 0.0540 e. The minimum atomic E-state index is 1.03. The zero-order chi connectivity index (χ0) is 9.68. The van der Waals surface area contributed by atoms with Gasteiger partial charge in [0, 0.05) is 0 Å². The summed E-state index contributed by atoms with van der Waals surface area (Å²) < 4.78 is 0. The van der Waals surface area contributed by atoms with Crippen LogP contribution in [0.15, 0.2) is 23.3 Å². The zero-order valence-electron chi connectivity index (χ0n) is 8.25. The van der Waals surface area contributed by atoms with Crippen LogP contribution in [-0.4, -0.2) is 6.21 Å². The Morgan fingerprint density at radius 3 is 2.62 bits per heavy atom. The lowest BCUT2D eigenvalue weighted by atomic mass is 9.98. The summed E-state index contributed by atoms with van der Waals surface area (Å²) >= 11 is 0. The molecule has 0 fully saturated rings. The molecule has 0 aromatic heterocycles. The number of rotatable bonds is 3. The van der Waals surface area contributed by atoms with Gasteiger partial charge in [0.1, 0.15) is 0 Å². The molecular weight excluding hydrogens is 160 g/mol. The second-order valence-electron chi connectivity index (χ2n) is 2.97. The van der Waals surface area contributed by atoms with E-state index in [0.717, 1.165) is 18.4 Å². The minimum Gasteiger partial charge on any atom is -0.323 e. The fraction of sp³-hybridized carbons (Fsp3) is 0.364. The van der Waals surface area contributed by atoms with Gasteiger partial charge in [-0.25, -0.2) is 0 Å². The van der Waals surface area contributed by atoms with Gasteiger partial charge in [-0.2, -0.15) is 5.10 Å². The van der Waals surface area contributed by atoms with Crippen LogP contribution < -0.4 is 5.84 Å². The first kappa shape index (κ1) is 9.78. The van der Waals surface area contributed by atoms with E-state index in [1.54, 1.807) is 6.21 Å². The van der Waals surface area contributed by atoms with Crippen LogP contribution in [-0.2, 0) is 12.8 Å². The summed E-state index contributed by atoms with van der Waals surface area (Å²) in [5.41, 5.74) is 3.89. The number of hydrazone groups is 1. The summed E-state index contributed by atoms with van der Waals surface area (Å²) in [5.74, 6) is 5.15. The van der Waals surface area contributed by atoms with Gasteiger partial charge in [-0.15, -0.1) is 0 Å². The second kappa shape index (κ2) is 4.65. The lowest BCUT2D eigenvalue weighted by Crippen LogP contribution is -1.98. The van der Waals surface area contributed by atoms with Gasteiger partial charge in [-0.1, -0.05) is 32.0 Å². The predicted molar refractivity (Wildman–Crippen MR) is 57.0 cm³/mol. The average Bonchev–Trinajstić information content (AvgIpc) is 2.18. The van der Waals surface area contributed by atoms with Gasteiger partial charge in [0.15, 0.2) is 0 Å². The second-order valence-corrected chi connectivity index (χ2v) is 2.97. The van der Waals surface area contributed by atoms with E-state index >= 15 is 0 Å². The van der Waals surface area contributed by atoms with Gasteiger partial charge in [0.05, 0.1) is 6.21 Å². The van der Waals surface area contributed by atoms with Gasteiger partial charge in [0.25, 0.3) is 0 Å². The van der Waals surface area contributed by atoms with Crippen molar-refractivity contribution < 1.29 is 0 Å². The summed E-state index contributed by atoms with van der Waals surface area (Å²) in [6, 6.07) is 6.26. The van der Waals surface area contributed by atoms with E-state index in [-0.39, 0.29) is 0 Å². The highest BCUT2D eigenvalue weighted by Crippen LogP contribution is 2.14. The number of benzene rings is 1. The Balaban J connectivity index is 3.18. The number of hydrogen-bond donors (Lipinski definition) is 1. The van der Waals surface area contributed by atoms with Crippen molar-refractivity contribution in [3.05, 3.63) is 34.9 Å². The summed E-state index contributed by atoms with van der Waals surface area (Å²) in [7, 11) is 0. The molecule has 0 aliphatic rings. The summed E-state index contributed by atoms with van der Waals surface area (Å²) in [6.07, 6.45) is 3.82. The zero-order valence-corrected chi connectivity index (χ0v) is 8.25. The molecule has 2 heteroatoms. The lowest BCUT2D eigenvalue weighted by Gasteiger charge is -2.08. The first-order valence-corrected chi connectivity index (χ1v) is 4.67. The molecule has 1 rings (SSSR count). The van der Waals surface area contributed by atoms with Gasteiger partial charge in [-0.05, 0) is 29.5 Å². The van der Waals surface area contributed by atoms with Crippen molar-refractivity contribution in [1.82, 2.24) is 0 Å². The molecule has 70 valence electrons. The lowest BCUT2D eigenvalue weighted by molar-refractivity contribution is 1.03. The largest absolute Gasteiger partial charge is 0.323 e. The number of nitrogens with two attached hydrogens (primary N) is 1. The Morgan fingerprint density at radius 2 is 2.08 bits per heavy atom. The fourth-order valence-electron chi connectivity index (χ4n) is 1.62. The number of nitrogens with zero attached hydrogens (tertiary/aromatic N) is 1. The van der Waals surface area contributed by atoms with E-state index in [9.17, 15) is 0 Å². The van der Waals surface area contributed by atoms with E-state index in [1.165, 1.54) is 11.1 Å². The third-order valence-corrected chi connectivity index (χ3v) is 2.26. The molecule has 0 bridgehead atoms. The van der Waals surface area contributed by atoms with Crippen LogP contribution in [0.25, 0.3) is 0 Å². The molecule has 0 saturated carbocycles. The Morgan fingerprint density at radius 1 is 1.31 bits per heavy atom. The highest BCUT2D eigenvalue weighted by atomic mass is 15.1. The van der Waals surface area contributed by atoms with Crippen molar-refractivity contribution in [2.24, 2.45) is 10.9 Å². The van der Waals surface area contributed by atoms with Gasteiger partial charge < -0.3 is 5.84 Å². The highest BCUT2D eigenvalue weighted by molar-refractivity contribution is 5.82. The standard InChI is InChI=1S/C11H16N2/c1-3-9-6-5-7-10(8-13-12)11(9)4-2/h5-8H,3-4,12H2,1-2H3/b13-8+. The van der Waals surface area contributed by atoms with E-state index in [4.69, 9.17) is 5.84 Å². The van der Waals surface area contributed by atoms with Crippen molar-refractivity contribution in [3.63, 3.8) is 0 Å². The molecule has 0 unspecified atom stereocenters. The minimum absolute atomic E-state index is 1.03. The third kappa shape index (κ3) is 2.08. The Kier molecular flexibility index (Phi) is 3.50. The van der Waals surface area contributed by atoms with Crippen molar-refractivity contribution in [2.45, 2.75) is 26.7 Å². The van der Waals surface area contributed by atoms with Crippen LogP contribution in [0.4, 0.5) is 0 Å². The molecule has 1 aromatic rings. The Hall–Kier alpha value is -1.31. The van der Waals surface area contributed by atoms with Crippen LogP contribution in [0, 0.1) is 0 Å². The number of aryl methyl sites for hydroxylation is 1. The maximum atomic E-state index is 5.15. The summed E-state index contributed by atoms with van der Waals surface area (Å²) in [5, 5.41) is 3.56. The normalized spacial score (nSPS) is 10.9. The van der Waals surface area contributed by atoms with Gasteiger partial charge >= 0.3 is 0 Å². The molecule has 0 aliphatic heterocycles. The van der Waals surface area contributed by atoms with Crippen LogP contribution in [0.1, 0.15) is 30.5 Å². The highest BCUT2D eigenvalue weighted by Gasteiger charge is 2.02. The molecule has 2 nitrogen and oxygen atoms in total. The molecular formula is C11H16N2. The summed E-state index contributed by atoms with van der Waals surface area (Å²) in [6.45, 7) is 4.32. The molecule has 0 heterocycles. The molecule has 0 spiro atoms. The van der Waals surface area contributed by atoms with E-state index in [0.29, 0.717) is 0 Å². The molecule has 0 atom stereocenters. The van der Waals surface area contributed by atoms with Crippen molar-refractivity contribution in [3.8, 4) is 0 Å². The van der Waals surface area contributed by atoms with Gasteiger partial charge in [0.2, 0.25) is 0 Å². The first-order chi connectivity index (χ1) is 6.33. The molecule has 2 N–H and O–H groups in total. The molecule has 13 heavy (non-hydrogen) atoms. The van der Waals surface area contributed by atoms with Crippen molar-refractivity contribution >= 4 is 6.21 Å². The Labute approximate surface area is 79.5 Å². The van der Waals surface area contributed by atoms with Crippen LogP contribution in [0.3, 0.4) is 0 Å². The van der Waals surface area contributed by atoms with E-state index < -0.39 is 0 Å². The average molecular weight is 176 g/mol. The molecule has 1 aromatic carbocycles. The SMILES string of the molecule is CCc1cccc(/C=N/N)c1CC. The van der Waals surface area contributed by atoms with E-state index in [2.05, 4.69) is 31.1 Å². The quantitative estimate of drug-likeness (QED) is 0.427. The first-order valence-electron chi connectivity index (χ1n) is 4.67. The van der Waals surface area contributed by atoms with Gasteiger partial charge in [-0.3, -0.25) is 0 Å². The topological polar surface area (TPSA) is 38.4 Å². The maximum Gasteiger partial charge on any atom is 0.0540 e. The molecule has 0 aliphatic carbocycles. The molecule has 0 saturated heterocycles. The van der Waals surface area contributed by atoms with Crippen molar-refractivity contribution in [1.29, 1.82) is 0 Å². The summed E-state index contributed by atoms with van der Waals surface area (Å²) in [4.78, 5) is 0. The fourth-order valence-corrected chi connectivity index (χ4v) is 1.62. The van der Waals surface area contributed by atoms with Crippen LogP contribution in [0.5, 0.6) is 0 Å². The predicted octanol–water partition coefficient (Wildman–Crippen LogP) is 2.10. The molecule has 0 amide bonds.